The minimum atomic E-state index is -4.69. The predicted octanol–water partition coefficient (Wildman–Crippen LogP) is 1.52. The van der Waals surface area contributed by atoms with Crippen LogP contribution in [0, 0.1) is 20.2 Å². The van der Waals surface area contributed by atoms with Crippen molar-refractivity contribution in [3.05, 3.63) is 55.8 Å². The summed E-state index contributed by atoms with van der Waals surface area (Å²) in [7, 11) is -4.69. The molecule has 1 unspecified atom stereocenters. The number of nitro benzene ring substituents is 2. The highest BCUT2D eigenvalue weighted by Crippen LogP contribution is 2.33. The number of nitrogens with zero attached hydrogens (tertiary/aromatic N) is 3. The molecule has 3 rings (SSSR count). The maximum atomic E-state index is 12.2. The van der Waals surface area contributed by atoms with Gasteiger partial charge < -0.3 is 0 Å². The molecule has 1 aromatic carbocycles. The van der Waals surface area contributed by atoms with Crippen LogP contribution in [0.5, 0.6) is 0 Å². The summed E-state index contributed by atoms with van der Waals surface area (Å²) in [4.78, 5) is 36.6. The monoisotopic (exact) mass is 365 g/mol. The first kappa shape index (κ1) is 16.6. The number of nitro groups is 2. The van der Waals surface area contributed by atoms with Crippen molar-refractivity contribution in [1.29, 1.82) is 0 Å². The van der Waals surface area contributed by atoms with E-state index in [0.29, 0.717) is 0 Å². The molecule has 1 heterocycles. The van der Waals surface area contributed by atoms with Crippen molar-refractivity contribution in [2.75, 3.05) is 0 Å². The van der Waals surface area contributed by atoms with Crippen LogP contribution in [0.25, 0.3) is 17.0 Å². The number of benzene rings is 1. The third kappa shape index (κ3) is 2.72. The number of fused-ring (bicyclic) bond motifs is 2. The molecular formula is C13H7N3O8S. The van der Waals surface area contributed by atoms with Gasteiger partial charge in [0.15, 0.2) is 11.0 Å². The highest BCUT2D eigenvalue weighted by molar-refractivity contribution is 7.87. The highest BCUT2D eigenvalue weighted by Gasteiger charge is 2.34. The molecule has 0 bridgehead atoms. The molecule has 0 fully saturated rings. The molecule has 11 nitrogen and oxygen atoms in total. The molecule has 0 amide bonds. The highest BCUT2D eigenvalue weighted by atomic mass is 32.2. The minimum Gasteiger partial charge on any atom is -0.292 e. The second-order valence-electron chi connectivity index (χ2n) is 5.13. The van der Waals surface area contributed by atoms with Crippen molar-refractivity contribution in [3.8, 4) is 0 Å². The van der Waals surface area contributed by atoms with Gasteiger partial charge >= 0.3 is 5.69 Å². The quantitative estimate of drug-likeness (QED) is 0.481. The zero-order valence-corrected chi connectivity index (χ0v) is 12.8. The number of aromatic nitrogens is 1. The SMILES string of the molecule is O=C1c2cc3cc([N+](=O)[O-])cc([N+](=O)[O-])c3nc2C=CC1S(=O)(=O)O. The molecule has 0 saturated heterocycles. The largest absolute Gasteiger partial charge is 0.302 e. The molecule has 1 aliphatic carbocycles. The van der Waals surface area contributed by atoms with Gasteiger partial charge in [-0.3, -0.25) is 29.6 Å². The van der Waals surface area contributed by atoms with Crippen molar-refractivity contribution in [1.82, 2.24) is 4.98 Å². The van der Waals surface area contributed by atoms with E-state index in [0.717, 1.165) is 30.4 Å². The summed E-state index contributed by atoms with van der Waals surface area (Å²) >= 11 is 0. The summed E-state index contributed by atoms with van der Waals surface area (Å²) in [6.45, 7) is 0. The number of pyridine rings is 1. The van der Waals surface area contributed by atoms with Crippen LogP contribution in [0.4, 0.5) is 11.4 Å². The molecule has 12 heteroatoms. The van der Waals surface area contributed by atoms with E-state index in [4.69, 9.17) is 4.55 Å². The van der Waals surface area contributed by atoms with Gasteiger partial charge in [0.1, 0.15) is 5.52 Å². The van der Waals surface area contributed by atoms with Gasteiger partial charge in [0.25, 0.3) is 15.8 Å². The lowest BCUT2D eigenvalue weighted by molar-refractivity contribution is -0.393. The van der Waals surface area contributed by atoms with Gasteiger partial charge in [0.05, 0.1) is 21.6 Å². The van der Waals surface area contributed by atoms with E-state index >= 15 is 0 Å². The van der Waals surface area contributed by atoms with Gasteiger partial charge in [0.2, 0.25) is 0 Å². The fourth-order valence-electron chi connectivity index (χ4n) is 2.49. The first-order chi connectivity index (χ1) is 11.6. The molecule has 0 radical (unpaired) electrons. The summed E-state index contributed by atoms with van der Waals surface area (Å²) in [5, 5.41) is 20.2. The van der Waals surface area contributed by atoms with Gasteiger partial charge in [0, 0.05) is 17.0 Å². The molecule has 2 aromatic rings. The van der Waals surface area contributed by atoms with Crippen LogP contribution in [-0.2, 0) is 10.1 Å². The van der Waals surface area contributed by atoms with Crippen LogP contribution in [0.15, 0.2) is 24.3 Å². The number of non-ortho nitro benzene ring substituents is 2. The zero-order chi connectivity index (χ0) is 18.5. The molecule has 1 aromatic heterocycles. The second-order valence-corrected chi connectivity index (χ2v) is 6.67. The number of Topliss-reactive ketones (excluding diaryl/α,β-unsaturated/α-hetero) is 1. The summed E-state index contributed by atoms with van der Waals surface area (Å²) < 4.78 is 31.6. The van der Waals surface area contributed by atoms with Crippen LogP contribution in [0.1, 0.15) is 16.1 Å². The Morgan fingerprint density at radius 1 is 1.12 bits per heavy atom. The van der Waals surface area contributed by atoms with Gasteiger partial charge in [-0.1, -0.05) is 6.08 Å². The Kier molecular flexibility index (Phi) is 3.58. The van der Waals surface area contributed by atoms with Gasteiger partial charge in [-0.2, -0.15) is 8.42 Å². The summed E-state index contributed by atoms with van der Waals surface area (Å²) in [6, 6.07) is 2.82. The van der Waals surface area contributed by atoms with E-state index in [1.165, 1.54) is 0 Å². The van der Waals surface area contributed by atoms with Crippen LogP contribution in [0.2, 0.25) is 0 Å². The van der Waals surface area contributed by atoms with E-state index in [-0.39, 0.29) is 22.2 Å². The average Bonchev–Trinajstić information content (AvgIpc) is 2.51. The van der Waals surface area contributed by atoms with Gasteiger partial charge in [-0.25, -0.2) is 4.98 Å². The summed E-state index contributed by atoms with van der Waals surface area (Å²) in [5.41, 5.74) is -1.63. The van der Waals surface area contributed by atoms with Crippen molar-refractivity contribution < 1.29 is 27.6 Å². The molecule has 0 aliphatic heterocycles. The van der Waals surface area contributed by atoms with Crippen molar-refractivity contribution >= 4 is 44.3 Å². The molecule has 1 N–H and O–H groups in total. The van der Waals surface area contributed by atoms with Crippen LogP contribution in [-0.4, -0.2) is 38.8 Å². The predicted molar refractivity (Wildman–Crippen MR) is 83.8 cm³/mol. The first-order valence-electron chi connectivity index (χ1n) is 6.56. The Balaban J connectivity index is 2.33. The van der Waals surface area contributed by atoms with E-state index in [1.807, 2.05) is 0 Å². The zero-order valence-electron chi connectivity index (χ0n) is 12.0. The number of carbonyl (C=O) groups is 1. The number of hydrogen-bond donors (Lipinski definition) is 1. The lowest BCUT2D eigenvalue weighted by Crippen LogP contribution is -2.30. The number of hydrogen-bond acceptors (Lipinski definition) is 8. The summed E-state index contributed by atoms with van der Waals surface area (Å²) in [5.74, 6) is -0.983. The van der Waals surface area contributed by atoms with Crippen LogP contribution in [0.3, 0.4) is 0 Å². The normalized spacial score (nSPS) is 16.7. The molecule has 1 aliphatic rings. The Morgan fingerprint density at radius 2 is 1.80 bits per heavy atom. The minimum absolute atomic E-state index is 0.0330. The molecule has 0 saturated carbocycles. The number of ketones is 1. The van der Waals surface area contributed by atoms with Crippen LogP contribution < -0.4 is 0 Å². The lowest BCUT2D eigenvalue weighted by Gasteiger charge is -2.15. The Morgan fingerprint density at radius 3 is 2.36 bits per heavy atom. The molecular weight excluding hydrogens is 358 g/mol. The lowest BCUT2D eigenvalue weighted by atomic mass is 9.98. The third-order valence-corrected chi connectivity index (χ3v) is 4.61. The van der Waals surface area contributed by atoms with Gasteiger partial charge in [-0.15, -0.1) is 0 Å². The van der Waals surface area contributed by atoms with Gasteiger partial charge in [-0.05, 0) is 12.1 Å². The first-order valence-corrected chi connectivity index (χ1v) is 8.06. The maximum absolute atomic E-state index is 12.2. The van der Waals surface area contributed by atoms with E-state index in [1.54, 1.807) is 0 Å². The fourth-order valence-corrected chi connectivity index (χ4v) is 3.17. The molecule has 1 atom stereocenters. The second kappa shape index (κ2) is 5.39. The van der Waals surface area contributed by atoms with Crippen molar-refractivity contribution in [2.45, 2.75) is 5.25 Å². The Labute approximate surface area is 138 Å². The Bertz CT molecular complexity index is 1110. The Hall–Kier alpha value is -3.25. The van der Waals surface area contributed by atoms with Crippen LogP contribution >= 0.6 is 0 Å². The maximum Gasteiger partial charge on any atom is 0.302 e. The standard InChI is InChI=1S/C13H7N3O8S/c17-13-8-4-6-3-7(15(18)19)5-10(16(20)21)12(6)14-9(8)1-2-11(13)25(22,23)24/h1-5,11H,(H,22,23,24). The third-order valence-electron chi connectivity index (χ3n) is 3.59. The van der Waals surface area contributed by atoms with E-state index in [2.05, 4.69) is 4.98 Å². The average molecular weight is 365 g/mol. The van der Waals surface area contributed by atoms with Crippen molar-refractivity contribution in [2.24, 2.45) is 0 Å². The van der Waals surface area contributed by atoms with Crippen molar-refractivity contribution in [3.63, 3.8) is 0 Å². The topological polar surface area (TPSA) is 171 Å². The molecule has 25 heavy (non-hydrogen) atoms. The fraction of sp³-hybridized carbons (Fsp3) is 0.0769. The van der Waals surface area contributed by atoms with E-state index in [9.17, 15) is 33.4 Å². The molecule has 0 spiro atoms. The van der Waals surface area contributed by atoms with E-state index < -0.39 is 42.4 Å². The summed E-state index contributed by atoms with van der Waals surface area (Å²) in [6.07, 6.45) is 2.05. The molecule has 128 valence electrons. The smallest absolute Gasteiger partial charge is 0.292 e. The number of rotatable bonds is 3. The number of carbonyl (C=O) groups excluding carboxylic acids is 1.